The fraction of sp³-hybridized carbons (Fsp3) is 0.222. The molecule has 1 heterocycles. The van der Waals surface area contributed by atoms with Crippen molar-refractivity contribution in [3.63, 3.8) is 0 Å². The first kappa shape index (κ1) is 16.1. The van der Waals surface area contributed by atoms with Crippen molar-refractivity contribution in [2.75, 3.05) is 18.4 Å². The molecule has 2 aromatic rings. The molecule has 0 spiro atoms. The lowest BCUT2D eigenvalue weighted by Crippen LogP contribution is -2.26. The lowest BCUT2D eigenvalue weighted by Gasteiger charge is -2.07. The van der Waals surface area contributed by atoms with Gasteiger partial charge in [0.15, 0.2) is 23.4 Å². The summed E-state index contributed by atoms with van der Waals surface area (Å²) in [6.45, 7) is 1.61. The fourth-order valence-corrected chi connectivity index (χ4v) is 2.44. The molecule has 0 aromatic heterocycles. The van der Waals surface area contributed by atoms with Crippen LogP contribution in [0.4, 0.5) is 14.5 Å². The van der Waals surface area contributed by atoms with Gasteiger partial charge in [0.1, 0.15) is 0 Å². The summed E-state index contributed by atoms with van der Waals surface area (Å²) in [5, 5.41) is 6.29. The van der Waals surface area contributed by atoms with Gasteiger partial charge in [0.2, 0.25) is 0 Å². The third-order valence-electron chi connectivity index (χ3n) is 3.77. The van der Waals surface area contributed by atoms with Crippen LogP contribution in [0.25, 0.3) is 0 Å². The molecule has 124 valence electrons. The Hall–Kier alpha value is -2.76. The highest BCUT2D eigenvalue weighted by Gasteiger charge is 2.10. The van der Waals surface area contributed by atoms with Crippen LogP contribution >= 0.6 is 0 Å². The Balaban J connectivity index is 1.55. The van der Waals surface area contributed by atoms with Crippen LogP contribution in [0.3, 0.4) is 0 Å². The molecule has 0 atom stereocenters. The zero-order valence-corrected chi connectivity index (χ0v) is 13.0. The van der Waals surface area contributed by atoms with Crippen LogP contribution in [0, 0.1) is 11.6 Å². The molecular formula is C18H17F2N3O. The molecule has 1 aliphatic rings. The zero-order chi connectivity index (χ0) is 16.9. The third-order valence-corrected chi connectivity index (χ3v) is 3.77. The number of benzene rings is 2. The van der Waals surface area contributed by atoms with Crippen molar-refractivity contribution in [1.29, 1.82) is 0 Å². The van der Waals surface area contributed by atoms with E-state index in [1.165, 1.54) is 6.07 Å². The number of carbonyl (C=O) groups is 1. The number of Topliss-reactive ketones (excluding diaryl/α,β-unsaturated/α-hetero) is 1. The first-order valence-corrected chi connectivity index (χ1v) is 7.74. The summed E-state index contributed by atoms with van der Waals surface area (Å²) >= 11 is 0. The number of nitrogens with zero attached hydrogens (tertiary/aromatic N) is 1. The lowest BCUT2D eigenvalue weighted by atomic mass is 10.0. The van der Waals surface area contributed by atoms with Crippen molar-refractivity contribution in [1.82, 2.24) is 5.32 Å². The van der Waals surface area contributed by atoms with Crippen molar-refractivity contribution in [2.45, 2.75) is 12.8 Å². The molecule has 4 nitrogen and oxygen atoms in total. The summed E-state index contributed by atoms with van der Waals surface area (Å²) in [5.41, 5.74) is 2.11. The van der Waals surface area contributed by atoms with Crippen molar-refractivity contribution < 1.29 is 13.6 Å². The van der Waals surface area contributed by atoms with E-state index in [0.29, 0.717) is 6.42 Å². The summed E-state index contributed by atoms with van der Waals surface area (Å²) in [7, 11) is 0. The highest BCUT2D eigenvalue weighted by atomic mass is 19.2. The van der Waals surface area contributed by atoms with E-state index in [1.54, 1.807) is 0 Å². The van der Waals surface area contributed by atoms with E-state index in [2.05, 4.69) is 15.6 Å². The minimum absolute atomic E-state index is 0.192. The average molecular weight is 329 g/mol. The lowest BCUT2D eigenvalue weighted by molar-refractivity contribution is 0.0982. The molecule has 0 amide bonds. The van der Waals surface area contributed by atoms with E-state index in [0.717, 1.165) is 42.4 Å². The Labute approximate surface area is 138 Å². The van der Waals surface area contributed by atoms with E-state index >= 15 is 0 Å². The molecule has 0 radical (unpaired) electrons. The fourth-order valence-electron chi connectivity index (χ4n) is 2.44. The minimum Gasteiger partial charge on any atom is -0.354 e. The molecule has 2 N–H and O–H groups in total. The van der Waals surface area contributed by atoms with Crippen LogP contribution in [0.5, 0.6) is 0 Å². The summed E-state index contributed by atoms with van der Waals surface area (Å²) in [5.74, 6) is -1.40. The van der Waals surface area contributed by atoms with Gasteiger partial charge in [0.05, 0.1) is 6.54 Å². The largest absolute Gasteiger partial charge is 0.354 e. The van der Waals surface area contributed by atoms with E-state index in [-0.39, 0.29) is 17.8 Å². The van der Waals surface area contributed by atoms with Gasteiger partial charge in [-0.2, -0.15) is 0 Å². The SMILES string of the molecule is O=C(CCc1ccc(NC2=NCCN2)cc1)c1ccc(F)c(F)c1. The van der Waals surface area contributed by atoms with Crippen LogP contribution in [0.1, 0.15) is 22.3 Å². The Morgan fingerprint density at radius 2 is 1.92 bits per heavy atom. The maximum absolute atomic E-state index is 13.2. The summed E-state index contributed by atoms with van der Waals surface area (Å²) in [6.07, 6.45) is 0.781. The van der Waals surface area contributed by atoms with Crippen LogP contribution < -0.4 is 10.6 Å². The number of nitrogens with one attached hydrogen (secondary N) is 2. The van der Waals surface area contributed by atoms with Gasteiger partial charge in [0, 0.05) is 24.2 Å². The Kier molecular flexibility index (Phi) is 4.84. The summed E-state index contributed by atoms with van der Waals surface area (Å²) in [4.78, 5) is 16.3. The van der Waals surface area contributed by atoms with E-state index < -0.39 is 11.6 Å². The van der Waals surface area contributed by atoms with Gasteiger partial charge in [-0.15, -0.1) is 0 Å². The van der Waals surface area contributed by atoms with Gasteiger partial charge in [-0.25, -0.2) is 8.78 Å². The number of rotatable bonds is 5. The molecule has 6 heteroatoms. The van der Waals surface area contributed by atoms with Crippen molar-refractivity contribution in [3.8, 4) is 0 Å². The van der Waals surface area contributed by atoms with Crippen LogP contribution in [0.15, 0.2) is 47.5 Å². The van der Waals surface area contributed by atoms with Crippen LogP contribution in [0.2, 0.25) is 0 Å². The maximum Gasteiger partial charge on any atom is 0.195 e. The van der Waals surface area contributed by atoms with Gasteiger partial charge in [-0.1, -0.05) is 12.1 Å². The van der Waals surface area contributed by atoms with Gasteiger partial charge >= 0.3 is 0 Å². The Morgan fingerprint density at radius 3 is 2.58 bits per heavy atom. The second-order valence-electron chi connectivity index (χ2n) is 5.53. The van der Waals surface area contributed by atoms with Gasteiger partial charge in [-0.3, -0.25) is 9.79 Å². The quantitative estimate of drug-likeness (QED) is 0.829. The number of guanidine groups is 1. The molecule has 24 heavy (non-hydrogen) atoms. The highest BCUT2D eigenvalue weighted by molar-refractivity contribution is 5.96. The number of anilines is 1. The van der Waals surface area contributed by atoms with Crippen LogP contribution in [-0.4, -0.2) is 24.8 Å². The highest BCUT2D eigenvalue weighted by Crippen LogP contribution is 2.15. The number of aliphatic imine (C=N–C) groups is 1. The topological polar surface area (TPSA) is 53.5 Å². The van der Waals surface area contributed by atoms with Crippen molar-refractivity contribution >= 4 is 17.4 Å². The van der Waals surface area contributed by atoms with E-state index in [1.807, 2.05) is 24.3 Å². The maximum atomic E-state index is 13.2. The first-order chi connectivity index (χ1) is 11.6. The Bertz CT molecular complexity index is 772. The Morgan fingerprint density at radius 1 is 1.12 bits per heavy atom. The smallest absolute Gasteiger partial charge is 0.195 e. The average Bonchev–Trinajstić information content (AvgIpc) is 3.09. The number of hydrogen-bond acceptors (Lipinski definition) is 4. The normalized spacial score (nSPS) is 13.3. The molecule has 0 unspecified atom stereocenters. The number of halogens is 2. The summed E-state index contributed by atoms with van der Waals surface area (Å²) in [6, 6.07) is 10.9. The molecule has 0 saturated heterocycles. The van der Waals surface area contributed by atoms with Gasteiger partial charge in [0.25, 0.3) is 0 Å². The third kappa shape index (κ3) is 3.95. The van der Waals surface area contributed by atoms with Crippen LogP contribution in [-0.2, 0) is 6.42 Å². The van der Waals surface area contributed by atoms with E-state index in [9.17, 15) is 13.6 Å². The van der Waals surface area contributed by atoms with Gasteiger partial charge in [-0.05, 0) is 42.3 Å². The molecule has 3 rings (SSSR count). The number of hydrogen-bond donors (Lipinski definition) is 2. The predicted octanol–water partition coefficient (Wildman–Crippen LogP) is 3.15. The number of ketones is 1. The second-order valence-corrected chi connectivity index (χ2v) is 5.53. The zero-order valence-electron chi connectivity index (χ0n) is 13.0. The molecule has 0 bridgehead atoms. The first-order valence-electron chi connectivity index (χ1n) is 7.74. The number of aryl methyl sites for hydroxylation is 1. The standard InChI is InChI=1S/C18H17F2N3O/c19-15-7-4-13(11-16(15)20)17(24)8-3-12-1-5-14(6-2-12)23-18-21-9-10-22-18/h1-2,4-7,11H,3,8-10H2,(H2,21,22,23). The van der Waals surface area contributed by atoms with Gasteiger partial charge < -0.3 is 10.6 Å². The molecule has 1 aliphatic heterocycles. The van der Waals surface area contributed by atoms with Crippen molar-refractivity contribution in [3.05, 3.63) is 65.2 Å². The summed E-state index contributed by atoms with van der Waals surface area (Å²) < 4.78 is 26.1. The predicted molar refractivity (Wildman–Crippen MR) is 89.4 cm³/mol. The molecule has 0 aliphatic carbocycles. The number of carbonyl (C=O) groups excluding carboxylic acids is 1. The molecule has 2 aromatic carbocycles. The molecule has 0 saturated carbocycles. The van der Waals surface area contributed by atoms with E-state index in [4.69, 9.17) is 0 Å². The van der Waals surface area contributed by atoms with Crippen molar-refractivity contribution in [2.24, 2.45) is 4.99 Å². The molecular weight excluding hydrogens is 312 g/mol. The molecule has 0 fully saturated rings. The monoisotopic (exact) mass is 329 g/mol. The minimum atomic E-state index is -1.00. The second kappa shape index (κ2) is 7.21.